The summed E-state index contributed by atoms with van der Waals surface area (Å²) in [7, 11) is 0.985. The molecule has 2 rings (SSSR count). The van der Waals surface area contributed by atoms with E-state index in [1.54, 1.807) is 20.9 Å². The number of hydrogen-bond donors (Lipinski definition) is 1. The van der Waals surface area contributed by atoms with Gasteiger partial charge in [-0.1, -0.05) is 0 Å². The van der Waals surface area contributed by atoms with Crippen LogP contribution < -0.4 is 14.8 Å². The first-order valence-corrected chi connectivity index (χ1v) is 10.7. The van der Waals surface area contributed by atoms with E-state index in [-0.39, 0.29) is 30.9 Å². The Morgan fingerprint density at radius 1 is 1.28 bits per heavy atom. The van der Waals surface area contributed by atoms with E-state index < -0.39 is 25.4 Å². The van der Waals surface area contributed by atoms with Gasteiger partial charge in [-0.3, -0.25) is 14.2 Å². The summed E-state index contributed by atoms with van der Waals surface area (Å²) in [5.41, 5.74) is 0.454. The van der Waals surface area contributed by atoms with Crippen LogP contribution in [0, 0.1) is 11.3 Å². The number of methoxy groups -OCH3 is 2. The van der Waals surface area contributed by atoms with Gasteiger partial charge in [0.05, 0.1) is 38.7 Å². The second-order valence-electron chi connectivity index (χ2n) is 6.09. The second-order valence-corrected chi connectivity index (χ2v) is 8.28. The van der Waals surface area contributed by atoms with Gasteiger partial charge in [0.2, 0.25) is 0 Å². The number of hydroxylamine groups is 2. The zero-order chi connectivity index (χ0) is 21.6. The van der Waals surface area contributed by atoms with Crippen molar-refractivity contribution in [1.29, 1.82) is 5.26 Å². The van der Waals surface area contributed by atoms with Crippen LogP contribution in [0.3, 0.4) is 0 Å². The van der Waals surface area contributed by atoms with Crippen molar-refractivity contribution in [3.8, 4) is 17.6 Å². The van der Waals surface area contributed by atoms with Gasteiger partial charge in [-0.15, -0.1) is 0 Å². The lowest BCUT2D eigenvalue weighted by Gasteiger charge is -2.25. The highest BCUT2D eigenvalue weighted by molar-refractivity contribution is 7.54. The third kappa shape index (κ3) is 5.07. The fourth-order valence-corrected chi connectivity index (χ4v) is 5.04. The number of anilines is 1. The van der Waals surface area contributed by atoms with Gasteiger partial charge in [-0.05, 0) is 13.8 Å². The molecular formula is C18H26N3O7P. The van der Waals surface area contributed by atoms with E-state index in [4.69, 9.17) is 23.4 Å². The number of carbonyl (C=O) groups excluding carboxylic acids is 1. The maximum absolute atomic E-state index is 13.0. The largest absolute Gasteiger partial charge is 0.493 e. The SMILES string of the molecule is CCOP(=O)(OCC)[C@H]1C[C@H](C(=O)Nc2cc(OC)c(OC)cc2C#N)ON1C. The highest BCUT2D eigenvalue weighted by Crippen LogP contribution is 2.57. The Hall–Kier alpha value is -2.15. The summed E-state index contributed by atoms with van der Waals surface area (Å²) in [6, 6.07) is 4.97. The van der Waals surface area contributed by atoms with Gasteiger partial charge >= 0.3 is 7.60 Å². The van der Waals surface area contributed by atoms with Gasteiger partial charge < -0.3 is 23.8 Å². The molecule has 2 atom stereocenters. The normalized spacial score (nSPS) is 19.6. The number of nitrogens with one attached hydrogen (secondary N) is 1. The van der Waals surface area contributed by atoms with E-state index in [0.29, 0.717) is 11.5 Å². The number of carbonyl (C=O) groups is 1. The van der Waals surface area contributed by atoms with Crippen LogP contribution in [0.5, 0.6) is 11.5 Å². The molecule has 0 spiro atoms. The molecule has 10 nitrogen and oxygen atoms in total. The van der Waals surface area contributed by atoms with Crippen molar-refractivity contribution in [1.82, 2.24) is 5.06 Å². The average Bonchev–Trinajstić information content (AvgIpc) is 3.10. The van der Waals surface area contributed by atoms with Crippen LogP contribution in [0.25, 0.3) is 0 Å². The lowest BCUT2D eigenvalue weighted by molar-refractivity contribution is -0.155. The van der Waals surface area contributed by atoms with Crippen molar-refractivity contribution >= 4 is 19.2 Å². The predicted octanol–water partition coefficient (Wildman–Crippen LogP) is 2.74. The van der Waals surface area contributed by atoms with Crippen molar-refractivity contribution in [3.63, 3.8) is 0 Å². The van der Waals surface area contributed by atoms with Gasteiger partial charge in [0.25, 0.3) is 5.91 Å². The molecule has 0 aliphatic carbocycles. The van der Waals surface area contributed by atoms with Crippen LogP contribution in [0.15, 0.2) is 12.1 Å². The molecule has 1 aliphatic rings. The summed E-state index contributed by atoms with van der Waals surface area (Å²) < 4.78 is 34.2. The van der Waals surface area contributed by atoms with Gasteiger partial charge in [-0.25, -0.2) is 0 Å². The van der Waals surface area contributed by atoms with E-state index in [1.165, 1.54) is 31.4 Å². The van der Waals surface area contributed by atoms with Gasteiger partial charge in [0.15, 0.2) is 17.6 Å². The Labute approximate surface area is 170 Å². The van der Waals surface area contributed by atoms with E-state index in [9.17, 15) is 14.6 Å². The molecule has 29 heavy (non-hydrogen) atoms. The number of amides is 1. The molecule has 1 aromatic rings. The summed E-state index contributed by atoms with van der Waals surface area (Å²) >= 11 is 0. The first kappa shape index (κ1) is 23.1. The molecule has 1 heterocycles. The van der Waals surface area contributed by atoms with E-state index in [1.807, 2.05) is 6.07 Å². The fraction of sp³-hybridized carbons (Fsp3) is 0.556. The average molecular weight is 427 g/mol. The molecule has 1 fully saturated rings. The van der Waals surface area contributed by atoms with Crippen LogP contribution in [0.4, 0.5) is 5.69 Å². The lowest BCUT2D eigenvalue weighted by Crippen LogP contribution is -2.28. The molecule has 0 unspecified atom stereocenters. The summed E-state index contributed by atoms with van der Waals surface area (Å²) in [4.78, 5) is 18.3. The molecule has 1 N–H and O–H groups in total. The molecule has 1 saturated heterocycles. The molecule has 11 heteroatoms. The minimum absolute atomic E-state index is 0.106. The Morgan fingerprint density at radius 3 is 2.38 bits per heavy atom. The van der Waals surface area contributed by atoms with E-state index in [0.717, 1.165) is 0 Å². The van der Waals surface area contributed by atoms with Crippen LogP contribution in [0.1, 0.15) is 25.8 Å². The minimum Gasteiger partial charge on any atom is -0.493 e. The lowest BCUT2D eigenvalue weighted by atomic mass is 10.1. The molecule has 0 saturated carbocycles. The minimum atomic E-state index is -3.49. The fourth-order valence-electron chi connectivity index (χ4n) is 2.99. The zero-order valence-corrected chi connectivity index (χ0v) is 18.0. The van der Waals surface area contributed by atoms with Crippen LogP contribution in [-0.2, 0) is 23.2 Å². The van der Waals surface area contributed by atoms with Crippen LogP contribution in [-0.4, -0.2) is 57.3 Å². The maximum Gasteiger partial charge on any atom is 0.350 e. The molecule has 0 aromatic heterocycles. The van der Waals surface area contributed by atoms with Gasteiger partial charge in [0.1, 0.15) is 11.9 Å². The van der Waals surface area contributed by atoms with Crippen molar-refractivity contribution in [2.75, 3.05) is 39.8 Å². The zero-order valence-electron chi connectivity index (χ0n) is 17.1. The second kappa shape index (κ2) is 10.1. The number of hydrogen-bond acceptors (Lipinski definition) is 9. The molecule has 0 bridgehead atoms. The Morgan fingerprint density at radius 2 is 1.86 bits per heavy atom. The predicted molar refractivity (Wildman–Crippen MR) is 105 cm³/mol. The quantitative estimate of drug-likeness (QED) is 0.593. The summed E-state index contributed by atoms with van der Waals surface area (Å²) in [6.07, 6.45) is -0.826. The van der Waals surface area contributed by atoms with Gasteiger partial charge in [0, 0.05) is 25.6 Å². The molecule has 1 amide bonds. The highest BCUT2D eigenvalue weighted by atomic mass is 31.2. The first-order valence-electron chi connectivity index (χ1n) is 9.08. The summed E-state index contributed by atoms with van der Waals surface area (Å²) in [5.74, 6) is -0.490. The van der Waals surface area contributed by atoms with Crippen LogP contribution in [0.2, 0.25) is 0 Å². The van der Waals surface area contributed by atoms with Crippen molar-refractivity contribution in [2.24, 2.45) is 0 Å². The third-order valence-electron chi connectivity index (χ3n) is 4.32. The molecule has 0 radical (unpaired) electrons. The maximum atomic E-state index is 13.0. The number of benzene rings is 1. The topological polar surface area (TPSA) is 119 Å². The number of nitrogens with zero attached hydrogens (tertiary/aromatic N) is 2. The standard InChI is InChI=1S/C18H26N3O7P/c1-6-26-29(23,27-7-2)17-10-16(28-21(17)3)18(22)20-13-9-15(25-5)14(24-4)8-12(13)11-19/h8-9,16-17H,6-7,10H2,1-5H3,(H,20,22)/t16-,17+/m1/s1. The van der Waals surface area contributed by atoms with Crippen LogP contribution >= 0.6 is 7.60 Å². The number of rotatable bonds is 9. The first-order chi connectivity index (χ1) is 13.8. The number of ether oxygens (including phenoxy) is 2. The van der Waals surface area contributed by atoms with Crippen molar-refractivity contribution in [2.45, 2.75) is 32.2 Å². The molecule has 1 aromatic carbocycles. The third-order valence-corrected chi connectivity index (χ3v) is 6.82. The number of nitriles is 1. The van der Waals surface area contributed by atoms with E-state index >= 15 is 0 Å². The molecule has 160 valence electrons. The Balaban J connectivity index is 2.20. The van der Waals surface area contributed by atoms with Crippen molar-refractivity contribution < 1.29 is 32.7 Å². The van der Waals surface area contributed by atoms with E-state index in [2.05, 4.69) is 5.32 Å². The Bertz CT molecular complexity index is 816. The van der Waals surface area contributed by atoms with Crippen molar-refractivity contribution in [3.05, 3.63) is 17.7 Å². The summed E-state index contributed by atoms with van der Waals surface area (Å²) in [6.45, 7) is 3.84. The summed E-state index contributed by atoms with van der Waals surface area (Å²) in [5, 5.41) is 13.4. The smallest absolute Gasteiger partial charge is 0.350 e. The highest BCUT2D eigenvalue weighted by Gasteiger charge is 2.48. The molecule has 1 aliphatic heterocycles. The Kier molecular flexibility index (Phi) is 8.02. The van der Waals surface area contributed by atoms with Gasteiger partial charge in [-0.2, -0.15) is 10.3 Å². The monoisotopic (exact) mass is 427 g/mol. The molecular weight excluding hydrogens is 401 g/mol.